The SMILES string of the molecule is CCNC(=O)C(CC)N(Cc1ccc(Cl)cc1Cl)C(=O)CN(c1ccc(OCC)cc1)S(=O)(=O)c1ccccc1. The molecule has 3 aromatic rings. The van der Waals surface area contributed by atoms with Gasteiger partial charge < -0.3 is 15.0 Å². The highest BCUT2D eigenvalue weighted by atomic mass is 35.5. The van der Waals surface area contributed by atoms with Crippen molar-refractivity contribution in [3.8, 4) is 5.75 Å². The predicted molar refractivity (Wildman–Crippen MR) is 158 cm³/mol. The quantitative estimate of drug-likeness (QED) is 0.276. The van der Waals surface area contributed by atoms with Gasteiger partial charge in [-0.1, -0.05) is 54.4 Å². The molecule has 3 aromatic carbocycles. The maximum atomic E-state index is 14.0. The van der Waals surface area contributed by atoms with Gasteiger partial charge in [0.2, 0.25) is 11.8 Å². The molecule has 0 heterocycles. The van der Waals surface area contributed by atoms with Crippen LogP contribution in [0.4, 0.5) is 5.69 Å². The summed E-state index contributed by atoms with van der Waals surface area (Å²) in [6, 6.07) is 18.3. The number of nitrogens with one attached hydrogen (secondary N) is 1. The number of halogens is 2. The lowest BCUT2D eigenvalue weighted by Crippen LogP contribution is -2.52. The van der Waals surface area contributed by atoms with E-state index in [9.17, 15) is 18.0 Å². The van der Waals surface area contributed by atoms with E-state index in [1.165, 1.54) is 17.0 Å². The van der Waals surface area contributed by atoms with Crippen LogP contribution in [0, 0.1) is 0 Å². The number of carbonyl (C=O) groups is 2. The van der Waals surface area contributed by atoms with Crippen molar-refractivity contribution in [1.29, 1.82) is 0 Å². The number of likely N-dealkylation sites (N-methyl/N-ethyl adjacent to an activating group) is 1. The molecule has 1 N–H and O–H groups in total. The van der Waals surface area contributed by atoms with Crippen LogP contribution in [0.15, 0.2) is 77.7 Å². The Hall–Kier alpha value is -3.27. The van der Waals surface area contributed by atoms with E-state index in [-0.39, 0.29) is 23.0 Å². The van der Waals surface area contributed by atoms with Crippen molar-refractivity contribution in [2.75, 3.05) is 24.0 Å². The fourth-order valence-corrected chi connectivity index (χ4v) is 6.07. The lowest BCUT2D eigenvalue weighted by atomic mass is 10.1. The van der Waals surface area contributed by atoms with Crippen LogP contribution in [0.25, 0.3) is 0 Å². The summed E-state index contributed by atoms with van der Waals surface area (Å²) in [6.45, 7) is 5.67. The highest BCUT2D eigenvalue weighted by molar-refractivity contribution is 7.92. The predicted octanol–water partition coefficient (Wildman–Crippen LogP) is 5.53. The third kappa shape index (κ3) is 7.68. The van der Waals surface area contributed by atoms with Crippen LogP contribution in [0.3, 0.4) is 0 Å². The monoisotopic (exact) mass is 605 g/mol. The number of rotatable bonds is 13. The van der Waals surface area contributed by atoms with Crippen molar-refractivity contribution in [3.05, 3.63) is 88.4 Å². The molecular formula is C29H33Cl2N3O5S. The highest BCUT2D eigenvalue weighted by Gasteiger charge is 2.33. The van der Waals surface area contributed by atoms with Gasteiger partial charge in [-0.15, -0.1) is 0 Å². The van der Waals surface area contributed by atoms with Gasteiger partial charge in [0, 0.05) is 23.1 Å². The minimum Gasteiger partial charge on any atom is -0.494 e. The second-order valence-electron chi connectivity index (χ2n) is 8.83. The molecule has 0 saturated carbocycles. The van der Waals surface area contributed by atoms with Crippen molar-refractivity contribution in [2.24, 2.45) is 0 Å². The summed E-state index contributed by atoms with van der Waals surface area (Å²) < 4.78 is 34.2. The van der Waals surface area contributed by atoms with Gasteiger partial charge in [0.15, 0.2) is 0 Å². The Bertz CT molecular complexity index is 1400. The Labute approximate surface area is 245 Å². The normalized spacial score (nSPS) is 11.9. The van der Waals surface area contributed by atoms with Gasteiger partial charge >= 0.3 is 0 Å². The number of sulfonamides is 1. The van der Waals surface area contributed by atoms with Crippen LogP contribution < -0.4 is 14.4 Å². The first kappa shape index (κ1) is 31.3. The van der Waals surface area contributed by atoms with Crippen molar-refractivity contribution in [2.45, 2.75) is 44.7 Å². The zero-order valence-corrected chi connectivity index (χ0v) is 25.0. The first-order chi connectivity index (χ1) is 19.1. The van der Waals surface area contributed by atoms with Crippen LogP contribution >= 0.6 is 23.2 Å². The molecule has 0 aliphatic rings. The molecular weight excluding hydrogens is 573 g/mol. The average Bonchev–Trinajstić information content (AvgIpc) is 2.94. The van der Waals surface area contributed by atoms with Crippen LogP contribution in [0.5, 0.6) is 5.75 Å². The molecule has 214 valence electrons. The Morgan fingerprint density at radius 1 is 0.950 bits per heavy atom. The minimum atomic E-state index is -4.16. The number of anilines is 1. The van der Waals surface area contributed by atoms with Gasteiger partial charge in [-0.3, -0.25) is 13.9 Å². The van der Waals surface area contributed by atoms with Crippen molar-refractivity contribution in [3.63, 3.8) is 0 Å². The first-order valence-corrected chi connectivity index (χ1v) is 15.1. The lowest BCUT2D eigenvalue weighted by Gasteiger charge is -2.33. The van der Waals surface area contributed by atoms with Crippen LogP contribution in [0.1, 0.15) is 32.8 Å². The van der Waals surface area contributed by atoms with E-state index in [0.717, 1.165) is 4.31 Å². The molecule has 1 unspecified atom stereocenters. The number of carbonyl (C=O) groups excluding carboxylic acids is 2. The van der Waals surface area contributed by atoms with Gasteiger partial charge in [-0.25, -0.2) is 8.42 Å². The molecule has 3 rings (SSSR count). The Morgan fingerprint density at radius 2 is 1.62 bits per heavy atom. The number of nitrogens with zero attached hydrogens (tertiary/aromatic N) is 2. The standard InChI is InChI=1S/C29H33Cl2N3O5S/c1-4-27(29(36)32-5-2)33(19-21-12-13-22(30)18-26(21)31)28(35)20-34(23-14-16-24(17-15-23)39-6-3)40(37,38)25-10-8-7-9-11-25/h7-18,27H,4-6,19-20H2,1-3H3,(H,32,36). The van der Waals surface area contributed by atoms with E-state index in [2.05, 4.69) is 5.32 Å². The highest BCUT2D eigenvalue weighted by Crippen LogP contribution is 2.28. The zero-order valence-electron chi connectivity index (χ0n) is 22.6. The van der Waals surface area contributed by atoms with Crippen molar-refractivity contribution < 1.29 is 22.7 Å². The molecule has 0 aliphatic carbocycles. The summed E-state index contributed by atoms with van der Waals surface area (Å²) >= 11 is 12.5. The van der Waals surface area contributed by atoms with Crippen LogP contribution in [-0.2, 0) is 26.2 Å². The van der Waals surface area contributed by atoms with E-state index < -0.39 is 28.5 Å². The number of hydrogen-bond acceptors (Lipinski definition) is 5. The molecule has 0 aliphatic heterocycles. The lowest BCUT2D eigenvalue weighted by molar-refractivity contribution is -0.140. The molecule has 1 atom stereocenters. The first-order valence-electron chi connectivity index (χ1n) is 12.9. The summed E-state index contributed by atoms with van der Waals surface area (Å²) in [6.07, 6.45) is 0.303. The third-order valence-corrected chi connectivity index (χ3v) is 8.51. The summed E-state index contributed by atoms with van der Waals surface area (Å²) in [5.74, 6) is -0.351. The van der Waals surface area contributed by atoms with E-state index in [1.54, 1.807) is 74.5 Å². The van der Waals surface area contributed by atoms with E-state index in [1.807, 2.05) is 6.92 Å². The maximum Gasteiger partial charge on any atom is 0.264 e. The van der Waals surface area contributed by atoms with E-state index >= 15 is 0 Å². The average molecular weight is 607 g/mol. The van der Waals surface area contributed by atoms with Crippen LogP contribution in [-0.4, -0.2) is 50.9 Å². The topological polar surface area (TPSA) is 96.0 Å². The second-order valence-corrected chi connectivity index (χ2v) is 11.5. The third-order valence-electron chi connectivity index (χ3n) is 6.14. The summed E-state index contributed by atoms with van der Waals surface area (Å²) in [5.41, 5.74) is 0.844. The Morgan fingerprint density at radius 3 is 2.20 bits per heavy atom. The molecule has 11 heteroatoms. The van der Waals surface area contributed by atoms with Gasteiger partial charge in [0.05, 0.1) is 17.2 Å². The number of benzene rings is 3. The second kappa shape index (κ2) is 14.4. The fraction of sp³-hybridized carbons (Fsp3) is 0.310. The smallest absolute Gasteiger partial charge is 0.264 e. The van der Waals surface area contributed by atoms with Gasteiger partial charge in [0.25, 0.3) is 10.0 Å². The van der Waals surface area contributed by atoms with E-state index in [0.29, 0.717) is 40.9 Å². The van der Waals surface area contributed by atoms with Crippen LogP contribution in [0.2, 0.25) is 10.0 Å². The molecule has 0 fully saturated rings. The molecule has 0 spiro atoms. The summed E-state index contributed by atoms with van der Waals surface area (Å²) in [4.78, 5) is 28.4. The van der Waals surface area contributed by atoms with Crippen molar-refractivity contribution >= 4 is 50.7 Å². The maximum absolute atomic E-state index is 14.0. The largest absolute Gasteiger partial charge is 0.494 e. The molecule has 0 saturated heterocycles. The van der Waals surface area contributed by atoms with Gasteiger partial charge in [0.1, 0.15) is 18.3 Å². The molecule has 0 radical (unpaired) electrons. The fourth-order valence-electron chi connectivity index (χ4n) is 4.17. The molecule has 8 nitrogen and oxygen atoms in total. The molecule has 0 bridgehead atoms. The van der Waals surface area contributed by atoms with Crippen molar-refractivity contribution in [1.82, 2.24) is 10.2 Å². The number of hydrogen-bond donors (Lipinski definition) is 1. The van der Waals surface area contributed by atoms with Gasteiger partial charge in [-0.05, 0) is 74.4 Å². The molecule has 2 amide bonds. The minimum absolute atomic E-state index is 0.0209. The number of amides is 2. The molecule has 40 heavy (non-hydrogen) atoms. The van der Waals surface area contributed by atoms with Gasteiger partial charge in [-0.2, -0.15) is 0 Å². The summed E-state index contributed by atoms with van der Waals surface area (Å²) in [7, 11) is -4.16. The van der Waals surface area contributed by atoms with E-state index in [4.69, 9.17) is 27.9 Å². The zero-order chi connectivity index (χ0) is 29.3. The summed E-state index contributed by atoms with van der Waals surface area (Å²) in [5, 5.41) is 3.53. The number of ether oxygens (including phenoxy) is 1. The Kier molecular flexibility index (Phi) is 11.2. The molecule has 0 aromatic heterocycles. The Balaban J connectivity index is 2.06.